The zero-order valence-corrected chi connectivity index (χ0v) is 50.6. The molecule has 39 atom stereocenters. The van der Waals surface area contributed by atoms with Crippen LogP contribution in [0.5, 0.6) is 0 Å². The van der Waals surface area contributed by atoms with Gasteiger partial charge in [0.1, 0.15) is 189 Å². The number of amides is 2. The maximum absolute atomic E-state index is 12.6. The topological polar surface area (TPSA) is 693 Å². The van der Waals surface area contributed by atoms with E-state index in [1.54, 1.807) is 0 Å². The van der Waals surface area contributed by atoms with Gasteiger partial charge < -0.3 is 205 Å². The first kappa shape index (κ1) is 79.7. The number of aliphatic hydroxyl groups is 25. The van der Waals surface area contributed by atoms with Gasteiger partial charge in [-0.3, -0.25) is 9.59 Å². The molecule has 0 radical (unpaired) electrons. The molecule has 7 saturated heterocycles. The van der Waals surface area contributed by atoms with Crippen LogP contribution in [0, 0.1) is 0 Å². The standard InChI is InChI=1S/C52H90N2O41/c1-12(63)53-14(3-55)40(90-49-36(78)32(74)42(21(9-61)88-49)92-51-38(80)44(27(69)18(6-58)85-51)94-47-34(76)30(72)25(67)16(4-56)83-47)24(66)15(65)11-82-46-23(54-13(2)64)29(71)41(20(8-60)87-46)91-50-37(79)33(75)43(22(10-62)89-50)93-52-39(81)45(28(70)19(7-59)86-52)95-48-35(77)31(73)26(68)17(5-57)84-48/h14-52,55-62,65-81H,3-11H2,1-2H3,(H,53,63)(H,54,64)/t14-,15+,16+,17+,18+,19+,20+,21+,22+,23+,24-,25-,26-,27-,28-,29+,30-,31-,32+,33+,34+,35+,36+,37+,38+,39+,40+,41+,42-,43-,44-,45-,46+,47+,48+,49-,50-,51+,52+/m0/s1. The Bertz CT molecular complexity index is 2330. The summed E-state index contributed by atoms with van der Waals surface area (Å²) < 4.78 is 78.9. The number of carbonyl (C=O) groups excluding carboxylic acids is 2. The summed E-state index contributed by atoms with van der Waals surface area (Å²) in [7, 11) is 0. The lowest BCUT2D eigenvalue weighted by Gasteiger charge is -2.49. The van der Waals surface area contributed by atoms with Crippen molar-refractivity contribution in [2.24, 2.45) is 0 Å². The summed E-state index contributed by atoms with van der Waals surface area (Å²) in [6.45, 7) is -7.42. The summed E-state index contributed by atoms with van der Waals surface area (Å²) in [4.78, 5) is 25.0. The summed E-state index contributed by atoms with van der Waals surface area (Å²) in [6.07, 6.45) is -73.8. The van der Waals surface area contributed by atoms with E-state index in [4.69, 9.17) is 66.3 Å². The molecule has 0 aromatic heterocycles. The molecule has 7 aliphatic heterocycles. The van der Waals surface area contributed by atoms with Gasteiger partial charge in [-0.05, 0) is 0 Å². The summed E-state index contributed by atoms with van der Waals surface area (Å²) in [5.41, 5.74) is 0. The Kier molecular flexibility index (Phi) is 29.6. The van der Waals surface area contributed by atoms with Gasteiger partial charge in [-0.25, -0.2) is 0 Å². The lowest BCUT2D eigenvalue weighted by molar-refractivity contribution is -0.387. The highest BCUT2D eigenvalue weighted by atomic mass is 16.8. The van der Waals surface area contributed by atoms with Crippen LogP contribution in [0.1, 0.15) is 13.8 Å². The number of hydrogen-bond donors (Lipinski definition) is 27. The van der Waals surface area contributed by atoms with E-state index in [0.717, 1.165) is 13.8 Å². The monoisotopic (exact) mass is 1400 g/mol. The van der Waals surface area contributed by atoms with Crippen molar-refractivity contribution in [3.8, 4) is 0 Å². The molecule has 7 aliphatic rings. The van der Waals surface area contributed by atoms with Crippen LogP contribution in [0.4, 0.5) is 0 Å². The summed E-state index contributed by atoms with van der Waals surface area (Å²) in [5, 5.41) is 274. The molecule has 7 rings (SSSR count). The van der Waals surface area contributed by atoms with Crippen molar-refractivity contribution < 1.29 is 204 Å². The van der Waals surface area contributed by atoms with E-state index in [-0.39, 0.29) is 0 Å². The fourth-order valence-electron chi connectivity index (χ4n) is 11.8. The smallest absolute Gasteiger partial charge is 0.217 e. The predicted molar refractivity (Wildman–Crippen MR) is 290 cm³/mol. The SMILES string of the molecule is CC(=O)N[C@H]1[C@H](OC[C@@H](O)[C@H](O)[C@H](O[C@@H]2O[C@H](CO)[C@H](O[C@H]3O[C@H](CO)[C@H](O)[C@H](O[C@H]4O[C@H](CO)[C@H](O)[C@H](O)[C@H]4O)[C@H]3O)[C@H](O)[C@H]2O)[C@H](CO)NC(C)=O)O[C@H](CO)[C@@H](O[C@@H]2O[C@H](CO)[C@H](O[C@H]3O[C@H](CO)[C@H](O)[C@H](O[C@H]4O[C@H](CO)[C@H](O)[C@H](O)[C@H]4O)[C@H]3O)[C@H](O)[C@H]2O)[C@@H]1O. The molecule has 0 aromatic rings. The second kappa shape index (κ2) is 35.3. The zero-order valence-electron chi connectivity index (χ0n) is 50.6. The maximum Gasteiger partial charge on any atom is 0.217 e. The number of rotatable bonds is 28. The number of aliphatic hydroxyl groups excluding tert-OH is 25. The summed E-state index contributed by atoms with van der Waals surface area (Å²) in [6, 6.07) is -3.55. The first-order valence-electron chi connectivity index (χ1n) is 30.1. The van der Waals surface area contributed by atoms with Crippen LogP contribution < -0.4 is 10.6 Å². The number of ether oxygens (including phenoxy) is 14. The molecule has 0 unspecified atom stereocenters. The van der Waals surface area contributed by atoms with Gasteiger partial charge in [0.15, 0.2) is 44.0 Å². The molecule has 0 aliphatic carbocycles. The average Bonchev–Trinajstić information content (AvgIpc) is 0.784. The molecular formula is C52H90N2O41. The van der Waals surface area contributed by atoms with Crippen molar-refractivity contribution in [1.29, 1.82) is 0 Å². The molecule has 0 saturated carbocycles. The minimum absolute atomic E-state index is 0.880. The molecule has 43 heteroatoms. The van der Waals surface area contributed by atoms with Crippen LogP contribution in [-0.4, -0.2) is 438 Å². The quantitative estimate of drug-likeness (QED) is 0.0346. The minimum Gasteiger partial charge on any atom is -0.394 e. The minimum atomic E-state index is -2.38. The van der Waals surface area contributed by atoms with Crippen molar-refractivity contribution in [2.75, 3.05) is 59.5 Å². The maximum atomic E-state index is 12.6. The van der Waals surface area contributed by atoms with Crippen molar-refractivity contribution in [2.45, 2.75) is 253 Å². The predicted octanol–water partition coefficient (Wildman–Crippen LogP) is -18.5. The van der Waals surface area contributed by atoms with Crippen molar-refractivity contribution >= 4 is 11.8 Å². The molecule has 0 spiro atoms. The summed E-state index contributed by atoms with van der Waals surface area (Å²) in [5.74, 6) is -1.77. The third kappa shape index (κ3) is 17.8. The fourth-order valence-corrected chi connectivity index (χ4v) is 11.8. The van der Waals surface area contributed by atoms with Crippen LogP contribution in [0.2, 0.25) is 0 Å². The lowest BCUT2D eigenvalue weighted by atomic mass is 9.95. The lowest BCUT2D eigenvalue weighted by Crippen LogP contribution is -2.69. The van der Waals surface area contributed by atoms with E-state index < -0.39 is 311 Å². The number of hydrogen-bond acceptors (Lipinski definition) is 41. The Balaban J connectivity index is 1.01. The Labute approximate surface area is 537 Å². The van der Waals surface area contributed by atoms with Crippen molar-refractivity contribution in [3.05, 3.63) is 0 Å². The molecule has 27 N–H and O–H groups in total. The van der Waals surface area contributed by atoms with Gasteiger partial charge in [0.25, 0.3) is 0 Å². The van der Waals surface area contributed by atoms with E-state index in [0.29, 0.717) is 0 Å². The van der Waals surface area contributed by atoms with Gasteiger partial charge >= 0.3 is 0 Å². The van der Waals surface area contributed by atoms with Crippen LogP contribution in [0.25, 0.3) is 0 Å². The van der Waals surface area contributed by atoms with Crippen molar-refractivity contribution in [1.82, 2.24) is 10.6 Å². The first-order valence-corrected chi connectivity index (χ1v) is 30.1. The Morgan fingerprint density at radius 1 is 0.358 bits per heavy atom. The normalized spacial score (nSPS) is 47.3. The van der Waals surface area contributed by atoms with Crippen LogP contribution in [0.15, 0.2) is 0 Å². The Hall–Kier alpha value is -2.62. The molecule has 7 fully saturated rings. The third-order valence-electron chi connectivity index (χ3n) is 17.1. The highest BCUT2D eigenvalue weighted by Gasteiger charge is 2.58. The Morgan fingerprint density at radius 3 is 1.04 bits per heavy atom. The van der Waals surface area contributed by atoms with Crippen molar-refractivity contribution in [3.63, 3.8) is 0 Å². The van der Waals surface area contributed by atoms with E-state index in [1.807, 2.05) is 0 Å². The highest BCUT2D eigenvalue weighted by molar-refractivity contribution is 5.73. The highest BCUT2D eigenvalue weighted by Crippen LogP contribution is 2.37. The van der Waals surface area contributed by atoms with Gasteiger partial charge in [0, 0.05) is 13.8 Å². The number of carbonyl (C=O) groups is 2. The van der Waals surface area contributed by atoms with Gasteiger partial charge in [-0.2, -0.15) is 0 Å². The summed E-state index contributed by atoms with van der Waals surface area (Å²) >= 11 is 0. The second-order valence-corrected chi connectivity index (χ2v) is 23.6. The molecule has 0 aromatic carbocycles. The fraction of sp³-hybridized carbons (Fsp3) is 0.962. The molecule has 0 bridgehead atoms. The molecule has 7 heterocycles. The van der Waals surface area contributed by atoms with Crippen LogP contribution >= 0.6 is 0 Å². The van der Waals surface area contributed by atoms with E-state index in [1.165, 1.54) is 0 Å². The van der Waals surface area contributed by atoms with Gasteiger partial charge in [-0.1, -0.05) is 0 Å². The molecule has 2 amide bonds. The van der Waals surface area contributed by atoms with E-state index in [9.17, 15) is 137 Å². The first-order chi connectivity index (χ1) is 44.9. The molecular weight excluding hydrogens is 1310 g/mol. The van der Waals surface area contributed by atoms with Gasteiger partial charge in [-0.15, -0.1) is 0 Å². The Morgan fingerprint density at radius 2 is 0.674 bits per heavy atom. The number of nitrogens with one attached hydrogen (secondary N) is 2. The van der Waals surface area contributed by atoms with E-state index >= 15 is 0 Å². The van der Waals surface area contributed by atoms with Crippen LogP contribution in [-0.2, 0) is 75.9 Å². The van der Waals surface area contributed by atoms with E-state index in [2.05, 4.69) is 10.6 Å². The van der Waals surface area contributed by atoms with Gasteiger partial charge in [0.2, 0.25) is 11.8 Å². The largest absolute Gasteiger partial charge is 0.394 e. The second-order valence-electron chi connectivity index (χ2n) is 23.6. The van der Waals surface area contributed by atoms with Crippen LogP contribution in [0.3, 0.4) is 0 Å². The molecule has 95 heavy (non-hydrogen) atoms. The molecule has 43 nitrogen and oxygen atoms in total. The van der Waals surface area contributed by atoms with Gasteiger partial charge in [0.05, 0.1) is 65.5 Å². The molecule has 554 valence electrons. The average molecular weight is 1400 g/mol. The third-order valence-corrected chi connectivity index (χ3v) is 17.1. The zero-order chi connectivity index (χ0) is 70.3.